The zero-order chi connectivity index (χ0) is 22.2. The molecule has 1 atom stereocenters. The van der Waals surface area contributed by atoms with Crippen LogP contribution in [0.3, 0.4) is 0 Å². The van der Waals surface area contributed by atoms with Gasteiger partial charge in [0.15, 0.2) is 5.78 Å². The number of ketones is 1. The molecule has 1 aromatic heterocycles. The number of nitrogens with zero attached hydrogens (tertiary/aromatic N) is 2. The van der Waals surface area contributed by atoms with Crippen molar-refractivity contribution in [1.82, 2.24) is 9.88 Å². The van der Waals surface area contributed by atoms with Crippen LogP contribution in [-0.4, -0.2) is 49.0 Å². The smallest absolute Gasteiger partial charge is 0.418 e. The molecule has 31 heavy (non-hydrogen) atoms. The second-order valence-electron chi connectivity index (χ2n) is 8.36. The Kier molecular flexibility index (Phi) is 5.92. The van der Waals surface area contributed by atoms with Gasteiger partial charge in [0.1, 0.15) is 5.75 Å². The highest BCUT2D eigenvalue weighted by molar-refractivity contribution is 6.04. The normalized spacial score (nSPS) is 20.0. The Morgan fingerprint density at radius 2 is 1.97 bits per heavy atom. The molecule has 4 rings (SSSR count). The van der Waals surface area contributed by atoms with Crippen LogP contribution in [0.4, 0.5) is 18.9 Å². The highest BCUT2D eigenvalue weighted by Crippen LogP contribution is 2.41. The van der Waals surface area contributed by atoms with E-state index in [1.807, 2.05) is 0 Å². The molecule has 0 saturated carbocycles. The van der Waals surface area contributed by atoms with Crippen molar-refractivity contribution < 1.29 is 22.7 Å². The van der Waals surface area contributed by atoms with Gasteiger partial charge in [-0.2, -0.15) is 13.2 Å². The summed E-state index contributed by atoms with van der Waals surface area (Å²) in [7, 11) is 3.67. The van der Waals surface area contributed by atoms with E-state index in [1.54, 1.807) is 19.2 Å². The number of anilines is 1. The average molecular weight is 433 g/mol. The van der Waals surface area contributed by atoms with Crippen LogP contribution in [0, 0.1) is 5.92 Å². The van der Waals surface area contributed by atoms with Crippen molar-refractivity contribution in [3.63, 3.8) is 0 Å². The molecule has 166 valence electrons. The fourth-order valence-electron chi connectivity index (χ4n) is 4.57. The number of pyridine rings is 1. The van der Waals surface area contributed by atoms with E-state index in [0.717, 1.165) is 43.2 Å². The highest BCUT2D eigenvalue weighted by Gasteiger charge is 2.38. The summed E-state index contributed by atoms with van der Waals surface area (Å²) in [5.74, 6) is -0.0565. The lowest BCUT2D eigenvalue weighted by molar-refractivity contribution is -0.138. The molecular weight excluding hydrogens is 407 g/mol. The number of benzene rings is 1. The van der Waals surface area contributed by atoms with Gasteiger partial charge in [0.2, 0.25) is 0 Å². The Labute approximate surface area is 179 Å². The van der Waals surface area contributed by atoms with Crippen molar-refractivity contribution in [2.24, 2.45) is 5.92 Å². The average Bonchev–Trinajstić information content (AvgIpc) is 3.05. The van der Waals surface area contributed by atoms with Crippen molar-refractivity contribution in [3.05, 3.63) is 52.8 Å². The Bertz CT molecular complexity index is 969. The van der Waals surface area contributed by atoms with Gasteiger partial charge in [-0.3, -0.25) is 9.78 Å². The number of rotatable bonds is 5. The molecule has 5 nitrogen and oxygen atoms in total. The van der Waals surface area contributed by atoms with Gasteiger partial charge in [-0.15, -0.1) is 0 Å². The number of piperidine rings is 1. The monoisotopic (exact) mass is 433 g/mol. The topological polar surface area (TPSA) is 54.5 Å². The van der Waals surface area contributed by atoms with E-state index in [2.05, 4.69) is 22.2 Å². The first-order valence-electron chi connectivity index (χ1n) is 10.5. The molecule has 1 aliphatic heterocycles. The number of hydrogen-bond donors (Lipinski definition) is 1. The second-order valence-corrected chi connectivity index (χ2v) is 8.36. The second kappa shape index (κ2) is 8.49. The lowest BCUT2D eigenvalue weighted by Gasteiger charge is -2.31. The van der Waals surface area contributed by atoms with Gasteiger partial charge in [0, 0.05) is 30.1 Å². The van der Waals surface area contributed by atoms with Crippen LogP contribution in [0.25, 0.3) is 0 Å². The van der Waals surface area contributed by atoms with Crippen molar-refractivity contribution in [2.75, 3.05) is 32.6 Å². The maximum atomic E-state index is 13.4. The van der Waals surface area contributed by atoms with Crippen LogP contribution in [-0.2, 0) is 19.0 Å². The summed E-state index contributed by atoms with van der Waals surface area (Å²) in [4.78, 5) is 19.3. The van der Waals surface area contributed by atoms with E-state index in [0.29, 0.717) is 17.7 Å². The van der Waals surface area contributed by atoms with Crippen LogP contribution < -0.4 is 10.1 Å². The predicted molar refractivity (Wildman–Crippen MR) is 112 cm³/mol. The van der Waals surface area contributed by atoms with E-state index in [9.17, 15) is 18.0 Å². The molecule has 2 aliphatic rings. The Hall–Kier alpha value is -2.61. The Morgan fingerprint density at radius 3 is 2.65 bits per heavy atom. The number of methoxy groups -OCH3 is 1. The van der Waals surface area contributed by atoms with Gasteiger partial charge in [-0.1, -0.05) is 0 Å². The molecule has 8 heteroatoms. The molecule has 1 aliphatic carbocycles. The molecule has 1 saturated heterocycles. The molecule has 0 bridgehead atoms. The zero-order valence-electron chi connectivity index (χ0n) is 17.6. The van der Waals surface area contributed by atoms with Gasteiger partial charge in [0.05, 0.1) is 24.1 Å². The first-order chi connectivity index (χ1) is 14.8. The van der Waals surface area contributed by atoms with Gasteiger partial charge in [-0.05, 0) is 69.2 Å². The number of halogens is 3. The number of carbonyl (C=O) groups excluding carboxylic acids is 1. The summed E-state index contributed by atoms with van der Waals surface area (Å²) in [6.07, 6.45) is -0.879. The van der Waals surface area contributed by atoms with Crippen LogP contribution in [0.1, 0.15) is 40.0 Å². The maximum Gasteiger partial charge on any atom is 0.418 e. The SMILES string of the molecule is COc1ccc2c(c1NC1CCN(C)CC1)CC(Cc1ncccc1C(F)(F)F)C2=O. The molecule has 0 amide bonds. The lowest BCUT2D eigenvalue weighted by atomic mass is 9.96. The number of Topliss-reactive ketones (excluding diaryl/α,β-unsaturated/α-hetero) is 1. The largest absolute Gasteiger partial charge is 0.495 e. The van der Waals surface area contributed by atoms with Gasteiger partial charge in [-0.25, -0.2) is 0 Å². The minimum Gasteiger partial charge on any atom is -0.495 e. The highest BCUT2D eigenvalue weighted by atomic mass is 19.4. The standard InChI is InChI=1S/C23H26F3N3O2/c1-29-10-7-15(8-11-29)28-21-17-12-14(22(30)16(17)5-6-20(21)31-2)13-19-18(23(24,25)26)4-3-9-27-19/h3-6,9,14-15,28H,7-8,10-13H2,1-2H3. The van der Waals surface area contributed by atoms with Crippen molar-refractivity contribution in [1.29, 1.82) is 0 Å². The lowest BCUT2D eigenvalue weighted by Crippen LogP contribution is -2.37. The molecule has 2 heterocycles. The molecule has 1 unspecified atom stereocenters. The first-order valence-corrected chi connectivity index (χ1v) is 10.5. The van der Waals surface area contributed by atoms with Crippen molar-refractivity contribution in [2.45, 2.75) is 37.9 Å². The van der Waals surface area contributed by atoms with E-state index < -0.39 is 17.7 Å². The van der Waals surface area contributed by atoms with Crippen LogP contribution in [0.15, 0.2) is 30.5 Å². The molecule has 1 N–H and O–H groups in total. The van der Waals surface area contributed by atoms with Crippen LogP contribution >= 0.6 is 0 Å². The zero-order valence-corrected chi connectivity index (χ0v) is 17.6. The van der Waals surface area contributed by atoms with Gasteiger partial charge < -0.3 is 15.0 Å². The Balaban J connectivity index is 1.60. The maximum absolute atomic E-state index is 13.4. The minimum atomic E-state index is -4.50. The van der Waals surface area contributed by atoms with Crippen LogP contribution in [0.5, 0.6) is 5.75 Å². The first kappa shape index (κ1) is 21.6. The number of aromatic nitrogens is 1. The minimum absolute atomic E-state index is 0.0425. The number of nitrogens with one attached hydrogen (secondary N) is 1. The molecule has 2 aromatic rings. The van der Waals surface area contributed by atoms with Crippen molar-refractivity contribution >= 4 is 11.5 Å². The molecular formula is C23H26F3N3O2. The van der Waals surface area contributed by atoms with Gasteiger partial charge in [0.25, 0.3) is 0 Å². The molecule has 1 fully saturated rings. The fourth-order valence-corrected chi connectivity index (χ4v) is 4.57. The van der Waals surface area contributed by atoms with E-state index in [4.69, 9.17) is 4.74 Å². The third-order valence-corrected chi connectivity index (χ3v) is 6.28. The summed E-state index contributed by atoms with van der Waals surface area (Å²) < 4.78 is 45.7. The summed E-state index contributed by atoms with van der Waals surface area (Å²) in [5.41, 5.74) is 1.32. The fraction of sp³-hybridized carbons (Fsp3) is 0.478. The van der Waals surface area contributed by atoms with E-state index in [1.165, 1.54) is 12.3 Å². The number of alkyl halides is 3. The van der Waals surface area contributed by atoms with Gasteiger partial charge >= 0.3 is 6.18 Å². The van der Waals surface area contributed by atoms with Crippen LogP contribution in [0.2, 0.25) is 0 Å². The third-order valence-electron chi connectivity index (χ3n) is 6.28. The number of ether oxygens (including phenoxy) is 1. The molecule has 0 spiro atoms. The summed E-state index contributed by atoms with van der Waals surface area (Å²) in [6.45, 7) is 1.97. The number of fused-ring (bicyclic) bond motifs is 1. The Morgan fingerprint density at radius 1 is 1.23 bits per heavy atom. The van der Waals surface area contributed by atoms with Crippen molar-refractivity contribution in [3.8, 4) is 5.75 Å². The van der Waals surface area contributed by atoms with E-state index >= 15 is 0 Å². The predicted octanol–water partition coefficient (Wildman–Crippen LogP) is 4.21. The summed E-state index contributed by atoms with van der Waals surface area (Å²) >= 11 is 0. The quantitative estimate of drug-likeness (QED) is 0.766. The molecule has 1 aromatic carbocycles. The number of carbonyl (C=O) groups is 1. The third kappa shape index (κ3) is 4.39. The molecule has 0 radical (unpaired) electrons. The number of hydrogen-bond acceptors (Lipinski definition) is 5. The summed E-state index contributed by atoms with van der Waals surface area (Å²) in [5, 5.41) is 3.56. The number of likely N-dealkylation sites (tertiary alicyclic amines) is 1. The summed E-state index contributed by atoms with van der Waals surface area (Å²) in [6, 6.07) is 6.03. The van der Waals surface area contributed by atoms with E-state index in [-0.39, 0.29) is 23.9 Å².